The zero-order valence-electron chi connectivity index (χ0n) is 15.1. The molecule has 1 aliphatic rings. The van der Waals surface area contributed by atoms with Gasteiger partial charge in [-0.1, -0.05) is 0 Å². The first-order valence-electron chi connectivity index (χ1n) is 8.20. The molecular weight excluding hydrogens is 344 g/mol. The van der Waals surface area contributed by atoms with Crippen LogP contribution in [0.25, 0.3) is 0 Å². The van der Waals surface area contributed by atoms with Crippen molar-refractivity contribution in [1.82, 2.24) is 4.90 Å². The average Bonchev–Trinajstić information content (AvgIpc) is 2.47. The number of likely N-dealkylation sites (tertiary alicyclic amines) is 1. The van der Waals surface area contributed by atoms with Gasteiger partial charge < -0.3 is 20.1 Å². The van der Waals surface area contributed by atoms with Crippen LogP contribution in [0, 0.1) is 0 Å². The van der Waals surface area contributed by atoms with Gasteiger partial charge >= 0.3 is 6.09 Å². The van der Waals surface area contributed by atoms with Crippen molar-refractivity contribution >= 4 is 21.6 Å². The summed E-state index contributed by atoms with van der Waals surface area (Å²) >= 11 is 0. The molecule has 1 saturated heterocycles. The third kappa shape index (κ3) is 5.52. The molecule has 1 amide bonds. The highest BCUT2D eigenvalue weighted by molar-refractivity contribution is 7.90. The Kier molecular flexibility index (Phi) is 5.51. The summed E-state index contributed by atoms with van der Waals surface area (Å²) < 4.78 is 34.3. The standard InChI is InChI=1S/C17H26N2O5S/c1-17(2,3)24-16(20)19-9-7-12(8-10-19)23-15-6-5-13(11-14(15)18)25(4,21)22/h5-6,11-12H,7-10,18H2,1-4H3. The quantitative estimate of drug-likeness (QED) is 0.821. The summed E-state index contributed by atoms with van der Waals surface area (Å²) in [5.41, 5.74) is 5.68. The van der Waals surface area contributed by atoms with Crippen molar-refractivity contribution in [1.29, 1.82) is 0 Å². The Morgan fingerprint density at radius 2 is 1.84 bits per heavy atom. The van der Waals surface area contributed by atoms with Gasteiger partial charge in [-0.15, -0.1) is 0 Å². The van der Waals surface area contributed by atoms with Crippen molar-refractivity contribution in [2.75, 3.05) is 25.1 Å². The van der Waals surface area contributed by atoms with Gasteiger partial charge in [-0.2, -0.15) is 0 Å². The number of ether oxygens (including phenoxy) is 2. The minimum atomic E-state index is -3.30. The molecule has 0 radical (unpaired) electrons. The number of carbonyl (C=O) groups is 1. The first-order valence-corrected chi connectivity index (χ1v) is 10.1. The van der Waals surface area contributed by atoms with Crippen LogP contribution in [0.1, 0.15) is 33.6 Å². The Hall–Kier alpha value is -1.96. The molecule has 0 bridgehead atoms. The summed E-state index contributed by atoms with van der Waals surface area (Å²) in [6, 6.07) is 4.46. The molecule has 0 saturated carbocycles. The summed E-state index contributed by atoms with van der Waals surface area (Å²) in [5, 5.41) is 0. The fraction of sp³-hybridized carbons (Fsp3) is 0.588. The molecule has 8 heteroatoms. The second kappa shape index (κ2) is 7.11. The summed E-state index contributed by atoms with van der Waals surface area (Å²) in [7, 11) is -3.30. The molecule has 0 spiro atoms. The largest absolute Gasteiger partial charge is 0.488 e. The number of hydrogen-bond acceptors (Lipinski definition) is 6. The Bertz CT molecular complexity index is 732. The molecule has 2 rings (SSSR count). The van der Waals surface area contributed by atoms with E-state index in [9.17, 15) is 13.2 Å². The van der Waals surface area contributed by atoms with Crippen molar-refractivity contribution in [3.05, 3.63) is 18.2 Å². The molecule has 0 unspecified atom stereocenters. The Labute approximate surface area is 149 Å². The van der Waals surface area contributed by atoms with Crippen LogP contribution in [0.5, 0.6) is 5.75 Å². The van der Waals surface area contributed by atoms with E-state index in [1.165, 1.54) is 12.1 Å². The van der Waals surface area contributed by atoms with Gasteiger partial charge in [0, 0.05) is 32.2 Å². The van der Waals surface area contributed by atoms with E-state index >= 15 is 0 Å². The lowest BCUT2D eigenvalue weighted by Gasteiger charge is -2.33. The molecule has 2 N–H and O–H groups in total. The maximum Gasteiger partial charge on any atom is 0.410 e. The van der Waals surface area contributed by atoms with Crippen LogP contribution in [0.2, 0.25) is 0 Å². The van der Waals surface area contributed by atoms with Crippen molar-refractivity contribution in [2.24, 2.45) is 0 Å². The maximum absolute atomic E-state index is 12.1. The van der Waals surface area contributed by atoms with E-state index in [0.717, 1.165) is 6.26 Å². The summed E-state index contributed by atoms with van der Waals surface area (Å²) in [4.78, 5) is 13.9. The third-order valence-electron chi connectivity index (χ3n) is 3.80. The van der Waals surface area contributed by atoms with E-state index in [4.69, 9.17) is 15.2 Å². The number of nitrogens with two attached hydrogens (primary N) is 1. The van der Waals surface area contributed by atoms with Gasteiger partial charge in [0.1, 0.15) is 17.5 Å². The van der Waals surface area contributed by atoms with Crippen molar-refractivity contribution < 1.29 is 22.7 Å². The third-order valence-corrected chi connectivity index (χ3v) is 4.91. The van der Waals surface area contributed by atoms with E-state index in [1.807, 2.05) is 20.8 Å². The van der Waals surface area contributed by atoms with E-state index in [-0.39, 0.29) is 22.8 Å². The van der Waals surface area contributed by atoms with Crippen molar-refractivity contribution in [3.63, 3.8) is 0 Å². The van der Waals surface area contributed by atoms with E-state index in [1.54, 1.807) is 11.0 Å². The van der Waals surface area contributed by atoms with Crippen LogP contribution in [0.3, 0.4) is 0 Å². The van der Waals surface area contributed by atoms with Crippen LogP contribution < -0.4 is 10.5 Å². The van der Waals surface area contributed by atoms with Gasteiger partial charge in [-0.3, -0.25) is 0 Å². The predicted molar refractivity (Wildman–Crippen MR) is 95.4 cm³/mol. The van der Waals surface area contributed by atoms with Gasteiger partial charge in [-0.05, 0) is 39.0 Å². The Balaban J connectivity index is 1.93. The highest BCUT2D eigenvalue weighted by atomic mass is 32.2. The highest BCUT2D eigenvalue weighted by Crippen LogP contribution is 2.28. The van der Waals surface area contributed by atoms with Crippen LogP contribution >= 0.6 is 0 Å². The number of anilines is 1. The van der Waals surface area contributed by atoms with Crippen LogP contribution in [0.15, 0.2) is 23.1 Å². The number of carbonyl (C=O) groups excluding carboxylic acids is 1. The molecule has 140 valence electrons. The van der Waals surface area contributed by atoms with E-state index < -0.39 is 15.4 Å². The summed E-state index contributed by atoms with van der Waals surface area (Å²) in [5.74, 6) is 0.461. The van der Waals surface area contributed by atoms with Gasteiger partial charge in [0.05, 0.1) is 10.6 Å². The Morgan fingerprint density at radius 3 is 2.32 bits per heavy atom. The normalized spacial score (nSPS) is 16.6. The summed E-state index contributed by atoms with van der Waals surface area (Å²) in [6.07, 6.45) is 2.06. The smallest absolute Gasteiger partial charge is 0.410 e. The molecule has 7 nitrogen and oxygen atoms in total. The highest BCUT2D eigenvalue weighted by Gasteiger charge is 2.28. The monoisotopic (exact) mass is 370 g/mol. The molecule has 1 heterocycles. The van der Waals surface area contributed by atoms with Gasteiger partial charge in [0.25, 0.3) is 0 Å². The van der Waals surface area contributed by atoms with Crippen molar-refractivity contribution in [3.8, 4) is 5.75 Å². The molecule has 1 fully saturated rings. The number of piperidine rings is 1. The second-order valence-electron chi connectivity index (χ2n) is 7.26. The van der Waals surface area contributed by atoms with Gasteiger partial charge in [0.2, 0.25) is 0 Å². The fourth-order valence-electron chi connectivity index (χ4n) is 2.53. The fourth-order valence-corrected chi connectivity index (χ4v) is 3.18. The SMILES string of the molecule is CC(C)(C)OC(=O)N1CCC(Oc2ccc(S(C)(=O)=O)cc2N)CC1. The number of sulfone groups is 1. The molecule has 1 aromatic carbocycles. The summed E-state index contributed by atoms with van der Waals surface area (Å²) in [6.45, 7) is 6.60. The zero-order valence-corrected chi connectivity index (χ0v) is 15.9. The second-order valence-corrected chi connectivity index (χ2v) is 9.27. The number of benzene rings is 1. The number of nitrogen functional groups attached to an aromatic ring is 1. The minimum absolute atomic E-state index is 0.0786. The predicted octanol–water partition coefficient (Wildman–Crippen LogP) is 2.45. The molecule has 0 aliphatic carbocycles. The first kappa shape index (κ1) is 19.4. The molecule has 25 heavy (non-hydrogen) atoms. The lowest BCUT2D eigenvalue weighted by Crippen LogP contribution is -2.44. The number of hydrogen-bond donors (Lipinski definition) is 1. The van der Waals surface area contributed by atoms with Crippen molar-refractivity contribution in [2.45, 2.75) is 50.2 Å². The lowest BCUT2D eigenvalue weighted by atomic mass is 10.1. The first-order chi connectivity index (χ1) is 11.5. The molecule has 1 aromatic rings. The van der Waals surface area contributed by atoms with E-state index in [0.29, 0.717) is 31.7 Å². The molecular formula is C17H26N2O5S. The molecule has 0 aromatic heterocycles. The lowest BCUT2D eigenvalue weighted by molar-refractivity contribution is 0.0127. The van der Waals surface area contributed by atoms with Crippen LogP contribution in [0.4, 0.5) is 10.5 Å². The topological polar surface area (TPSA) is 98.9 Å². The minimum Gasteiger partial charge on any atom is -0.488 e. The maximum atomic E-state index is 12.1. The number of nitrogens with zero attached hydrogens (tertiary/aromatic N) is 1. The average molecular weight is 370 g/mol. The number of amides is 1. The van der Waals surface area contributed by atoms with Crippen LogP contribution in [-0.2, 0) is 14.6 Å². The molecule has 0 atom stereocenters. The van der Waals surface area contributed by atoms with E-state index in [2.05, 4.69) is 0 Å². The molecule has 1 aliphatic heterocycles. The Morgan fingerprint density at radius 1 is 1.24 bits per heavy atom. The van der Waals surface area contributed by atoms with Gasteiger partial charge in [-0.25, -0.2) is 13.2 Å². The zero-order chi connectivity index (χ0) is 18.8. The van der Waals surface area contributed by atoms with Gasteiger partial charge in [0.15, 0.2) is 9.84 Å². The number of rotatable bonds is 3. The van der Waals surface area contributed by atoms with Crippen LogP contribution in [-0.4, -0.2) is 50.5 Å².